The molecule has 0 saturated carbocycles. The van der Waals surface area contributed by atoms with E-state index in [1.165, 1.54) is 18.2 Å². The number of nitrogens with one attached hydrogen (secondary N) is 1. The van der Waals surface area contributed by atoms with Gasteiger partial charge in [-0.1, -0.05) is 43.6 Å². The van der Waals surface area contributed by atoms with Crippen molar-refractivity contribution in [3.05, 3.63) is 58.9 Å². The molecule has 0 heterocycles. The van der Waals surface area contributed by atoms with E-state index in [9.17, 15) is 9.18 Å². The third-order valence-corrected chi connectivity index (χ3v) is 3.93. The number of anilines is 1. The SMILES string of the molecule is CCC(C)c1ccccc1NC(=O)COc1ccc(F)c(Cl)c1. The minimum absolute atomic E-state index is 0.0370. The second kappa shape index (κ2) is 7.97. The molecule has 0 aliphatic heterocycles. The van der Waals surface area contributed by atoms with Crippen molar-refractivity contribution in [2.24, 2.45) is 0 Å². The fraction of sp³-hybridized carbons (Fsp3) is 0.278. The van der Waals surface area contributed by atoms with Crippen LogP contribution in [0.5, 0.6) is 5.75 Å². The van der Waals surface area contributed by atoms with Gasteiger partial charge in [-0.15, -0.1) is 0 Å². The van der Waals surface area contributed by atoms with Crippen molar-refractivity contribution in [2.75, 3.05) is 11.9 Å². The molecule has 23 heavy (non-hydrogen) atoms. The number of ether oxygens (including phenoxy) is 1. The van der Waals surface area contributed by atoms with Crippen LogP contribution in [0, 0.1) is 5.82 Å². The minimum atomic E-state index is -0.522. The molecule has 1 unspecified atom stereocenters. The van der Waals surface area contributed by atoms with Crippen LogP contribution in [0.2, 0.25) is 5.02 Å². The normalized spacial score (nSPS) is 11.8. The second-order valence-electron chi connectivity index (χ2n) is 5.31. The Morgan fingerprint density at radius 1 is 1.30 bits per heavy atom. The number of benzene rings is 2. The van der Waals surface area contributed by atoms with E-state index in [1.54, 1.807) is 0 Å². The molecular formula is C18H19ClFNO2. The first kappa shape index (κ1) is 17.3. The van der Waals surface area contributed by atoms with Crippen LogP contribution in [-0.4, -0.2) is 12.5 Å². The van der Waals surface area contributed by atoms with Crippen molar-refractivity contribution < 1.29 is 13.9 Å². The van der Waals surface area contributed by atoms with Gasteiger partial charge in [0.2, 0.25) is 0 Å². The van der Waals surface area contributed by atoms with Crippen LogP contribution in [0.3, 0.4) is 0 Å². The molecule has 1 atom stereocenters. The standard InChI is InChI=1S/C18H19ClFNO2/c1-3-12(2)14-6-4-5-7-17(14)21-18(22)11-23-13-8-9-16(20)15(19)10-13/h4-10,12H,3,11H2,1-2H3,(H,21,22). The fourth-order valence-corrected chi connectivity index (χ4v) is 2.33. The number of carbonyl (C=O) groups excluding carboxylic acids is 1. The van der Waals surface area contributed by atoms with E-state index < -0.39 is 5.82 Å². The summed E-state index contributed by atoms with van der Waals surface area (Å²) >= 11 is 5.67. The summed E-state index contributed by atoms with van der Waals surface area (Å²) < 4.78 is 18.4. The van der Waals surface area contributed by atoms with Crippen LogP contribution in [0.1, 0.15) is 31.7 Å². The summed E-state index contributed by atoms with van der Waals surface area (Å²) in [7, 11) is 0. The van der Waals surface area contributed by atoms with Crippen molar-refractivity contribution in [1.29, 1.82) is 0 Å². The van der Waals surface area contributed by atoms with Gasteiger partial charge in [0.1, 0.15) is 11.6 Å². The Morgan fingerprint density at radius 2 is 2.04 bits per heavy atom. The molecule has 122 valence electrons. The van der Waals surface area contributed by atoms with Gasteiger partial charge in [-0.3, -0.25) is 4.79 Å². The number of hydrogen-bond acceptors (Lipinski definition) is 2. The Labute approximate surface area is 140 Å². The lowest BCUT2D eigenvalue weighted by molar-refractivity contribution is -0.118. The first-order valence-electron chi connectivity index (χ1n) is 7.48. The maximum Gasteiger partial charge on any atom is 0.262 e. The fourth-order valence-electron chi connectivity index (χ4n) is 2.16. The lowest BCUT2D eigenvalue weighted by atomic mass is 9.97. The summed E-state index contributed by atoms with van der Waals surface area (Å²) in [5, 5.41) is 2.81. The lowest BCUT2D eigenvalue weighted by Gasteiger charge is -2.15. The van der Waals surface area contributed by atoms with Gasteiger partial charge in [-0.25, -0.2) is 4.39 Å². The zero-order valence-corrected chi connectivity index (χ0v) is 13.9. The summed E-state index contributed by atoms with van der Waals surface area (Å²) in [5.74, 6) is -0.0998. The lowest BCUT2D eigenvalue weighted by Crippen LogP contribution is -2.21. The highest BCUT2D eigenvalue weighted by Gasteiger charge is 2.11. The number of para-hydroxylation sites is 1. The third kappa shape index (κ3) is 4.70. The highest BCUT2D eigenvalue weighted by molar-refractivity contribution is 6.30. The monoisotopic (exact) mass is 335 g/mol. The highest BCUT2D eigenvalue weighted by atomic mass is 35.5. The first-order valence-corrected chi connectivity index (χ1v) is 7.85. The average molecular weight is 336 g/mol. The van der Waals surface area contributed by atoms with Gasteiger partial charge in [0.25, 0.3) is 5.91 Å². The molecule has 1 N–H and O–H groups in total. The molecule has 2 rings (SSSR count). The average Bonchev–Trinajstić information content (AvgIpc) is 2.55. The largest absolute Gasteiger partial charge is 0.484 e. The van der Waals surface area contributed by atoms with Crippen LogP contribution >= 0.6 is 11.6 Å². The maximum absolute atomic E-state index is 13.1. The van der Waals surface area contributed by atoms with Crippen molar-refractivity contribution >= 4 is 23.2 Å². The van der Waals surface area contributed by atoms with Gasteiger partial charge >= 0.3 is 0 Å². The van der Waals surface area contributed by atoms with E-state index >= 15 is 0 Å². The predicted molar refractivity (Wildman–Crippen MR) is 90.7 cm³/mol. The number of amides is 1. The molecule has 5 heteroatoms. The van der Waals surface area contributed by atoms with Crippen molar-refractivity contribution in [3.8, 4) is 5.75 Å². The van der Waals surface area contributed by atoms with E-state index in [1.807, 2.05) is 24.3 Å². The Hall–Kier alpha value is -2.07. The first-order chi connectivity index (χ1) is 11.0. The predicted octanol–water partition coefficient (Wildman–Crippen LogP) is 5.01. The van der Waals surface area contributed by atoms with Gasteiger partial charge in [0.15, 0.2) is 6.61 Å². The molecule has 2 aromatic rings. The van der Waals surface area contributed by atoms with E-state index in [4.69, 9.17) is 16.3 Å². The maximum atomic E-state index is 13.1. The Bertz CT molecular complexity index is 690. The molecule has 0 aliphatic rings. The van der Waals surface area contributed by atoms with Crippen LogP contribution in [0.4, 0.5) is 10.1 Å². The quantitative estimate of drug-likeness (QED) is 0.805. The van der Waals surface area contributed by atoms with Gasteiger partial charge in [0.05, 0.1) is 5.02 Å². The summed E-state index contributed by atoms with van der Waals surface area (Å²) in [4.78, 5) is 12.1. The Balaban J connectivity index is 1.98. The number of hydrogen-bond donors (Lipinski definition) is 1. The summed E-state index contributed by atoms with van der Waals surface area (Å²) in [6.45, 7) is 4.05. The second-order valence-corrected chi connectivity index (χ2v) is 5.72. The number of halogens is 2. The number of rotatable bonds is 6. The molecule has 0 radical (unpaired) electrons. The molecule has 0 bridgehead atoms. The smallest absolute Gasteiger partial charge is 0.262 e. The van der Waals surface area contributed by atoms with Crippen molar-refractivity contribution in [1.82, 2.24) is 0 Å². The van der Waals surface area contributed by atoms with E-state index in [-0.39, 0.29) is 17.5 Å². The van der Waals surface area contributed by atoms with Crippen LogP contribution < -0.4 is 10.1 Å². The molecular weight excluding hydrogens is 317 g/mol. The Kier molecular flexibility index (Phi) is 5.99. The summed E-state index contributed by atoms with van der Waals surface area (Å²) in [6.07, 6.45) is 0.984. The molecule has 1 amide bonds. The molecule has 3 nitrogen and oxygen atoms in total. The molecule has 0 saturated heterocycles. The van der Waals surface area contributed by atoms with Gasteiger partial charge in [0, 0.05) is 11.8 Å². The minimum Gasteiger partial charge on any atom is -0.484 e. The molecule has 2 aromatic carbocycles. The van der Waals surface area contributed by atoms with Crippen molar-refractivity contribution in [2.45, 2.75) is 26.2 Å². The van der Waals surface area contributed by atoms with E-state index in [2.05, 4.69) is 19.2 Å². The summed E-state index contributed by atoms with van der Waals surface area (Å²) in [5.41, 5.74) is 1.88. The van der Waals surface area contributed by atoms with Crippen molar-refractivity contribution in [3.63, 3.8) is 0 Å². The molecule has 0 aliphatic carbocycles. The van der Waals surface area contributed by atoms with E-state index in [0.29, 0.717) is 11.7 Å². The zero-order chi connectivity index (χ0) is 16.8. The van der Waals surface area contributed by atoms with Gasteiger partial charge < -0.3 is 10.1 Å². The van der Waals surface area contributed by atoms with Gasteiger partial charge in [-0.05, 0) is 36.1 Å². The van der Waals surface area contributed by atoms with Gasteiger partial charge in [-0.2, -0.15) is 0 Å². The summed E-state index contributed by atoms with van der Waals surface area (Å²) in [6, 6.07) is 11.7. The van der Waals surface area contributed by atoms with Crippen LogP contribution in [-0.2, 0) is 4.79 Å². The topological polar surface area (TPSA) is 38.3 Å². The highest BCUT2D eigenvalue weighted by Crippen LogP contribution is 2.26. The molecule has 0 spiro atoms. The third-order valence-electron chi connectivity index (χ3n) is 3.64. The van der Waals surface area contributed by atoms with Crippen LogP contribution in [0.25, 0.3) is 0 Å². The molecule has 0 aromatic heterocycles. The van der Waals surface area contributed by atoms with Crippen LogP contribution in [0.15, 0.2) is 42.5 Å². The zero-order valence-electron chi connectivity index (χ0n) is 13.1. The van der Waals surface area contributed by atoms with E-state index in [0.717, 1.165) is 17.7 Å². The number of carbonyl (C=O) groups is 1. The molecule has 0 fully saturated rings. The Morgan fingerprint density at radius 3 is 2.74 bits per heavy atom.